The second kappa shape index (κ2) is 29.7. The van der Waals surface area contributed by atoms with Gasteiger partial charge >= 0.3 is 0 Å². The summed E-state index contributed by atoms with van der Waals surface area (Å²) in [5.74, 6) is 0. The van der Waals surface area contributed by atoms with Crippen molar-refractivity contribution in [2.24, 2.45) is 11.5 Å². The van der Waals surface area contributed by atoms with Crippen molar-refractivity contribution in [2.45, 2.75) is 142 Å². The average Bonchev–Trinajstić information content (AvgIpc) is 2.66. The van der Waals surface area contributed by atoms with Gasteiger partial charge in [-0.05, 0) is 25.9 Å². The lowest BCUT2D eigenvalue weighted by Gasteiger charge is -2.01. The molecular weight excluding hydrogens is 316 g/mol. The molecule has 0 fully saturated rings. The summed E-state index contributed by atoms with van der Waals surface area (Å²) in [6, 6.07) is 0. The minimum atomic E-state index is 0.870. The van der Waals surface area contributed by atoms with E-state index in [-0.39, 0.29) is 0 Å². The second-order valence-corrected chi connectivity index (χ2v) is 7.94. The first-order valence-electron chi connectivity index (χ1n) is 12.2. The molecule has 0 spiro atoms. The van der Waals surface area contributed by atoms with Crippen LogP contribution in [0.1, 0.15) is 142 Å². The fourth-order valence-electron chi connectivity index (χ4n) is 3.26. The quantitative estimate of drug-likeness (QED) is 0.215. The fraction of sp³-hybridized carbons (Fsp3) is 1.00. The van der Waals surface area contributed by atoms with Crippen LogP contribution in [0.2, 0.25) is 0 Å². The van der Waals surface area contributed by atoms with Gasteiger partial charge in [0.15, 0.2) is 0 Å². The van der Waals surface area contributed by atoms with E-state index < -0.39 is 0 Å². The van der Waals surface area contributed by atoms with E-state index >= 15 is 0 Å². The zero-order valence-corrected chi connectivity index (χ0v) is 18.7. The summed E-state index contributed by atoms with van der Waals surface area (Å²) in [6.45, 7) is 6.28. The Labute approximate surface area is 167 Å². The maximum atomic E-state index is 5.45. The monoisotopic (exact) mass is 370 g/mol. The van der Waals surface area contributed by atoms with Crippen LogP contribution in [0, 0.1) is 0 Å². The Morgan fingerprint density at radius 2 is 0.500 bits per heavy atom. The van der Waals surface area contributed by atoms with Gasteiger partial charge in [-0.15, -0.1) is 0 Å². The number of nitrogens with two attached hydrogens (primary N) is 2. The molecule has 0 atom stereocenters. The number of hydrogen-bond donors (Lipinski definition) is 2. The molecule has 0 aromatic carbocycles. The molecule has 0 bridgehead atoms. The molecule has 0 aromatic heterocycles. The highest BCUT2D eigenvalue weighted by molar-refractivity contribution is 4.48. The predicted octanol–water partition coefficient (Wildman–Crippen LogP) is 7.73. The molecule has 0 aromatic rings. The smallest absolute Gasteiger partial charge is 0.00773 e. The number of rotatable bonds is 20. The first-order chi connectivity index (χ1) is 12.8. The first-order valence-corrected chi connectivity index (χ1v) is 12.2. The summed E-state index contributed by atoms with van der Waals surface area (Å²) in [5.41, 5.74) is 10.8. The minimum Gasteiger partial charge on any atom is -0.330 e. The van der Waals surface area contributed by atoms with E-state index in [0.29, 0.717) is 0 Å². The van der Waals surface area contributed by atoms with Gasteiger partial charge in [0.2, 0.25) is 0 Å². The van der Waals surface area contributed by atoms with E-state index in [0.717, 1.165) is 13.1 Å². The number of hydrogen-bond acceptors (Lipinski definition) is 2. The molecule has 4 N–H and O–H groups in total. The molecule has 2 nitrogen and oxygen atoms in total. The van der Waals surface area contributed by atoms with Crippen molar-refractivity contribution in [2.75, 3.05) is 13.1 Å². The molecule has 0 unspecified atom stereocenters. The zero-order chi connectivity index (χ0) is 19.6. The Morgan fingerprint density at radius 3 is 0.692 bits per heavy atom. The SMILES string of the molecule is CCCCCCCCCCCCCCN.CCCCCCCCCCN. The maximum absolute atomic E-state index is 5.45. The van der Waals surface area contributed by atoms with Crippen LogP contribution in [0.15, 0.2) is 0 Å². The van der Waals surface area contributed by atoms with Crippen LogP contribution in [-0.2, 0) is 0 Å². The number of unbranched alkanes of at least 4 members (excludes halogenated alkanes) is 18. The van der Waals surface area contributed by atoms with Crippen molar-refractivity contribution in [1.82, 2.24) is 0 Å². The second-order valence-electron chi connectivity index (χ2n) is 7.94. The predicted molar refractivity (Wildman–Crippen MR) is 122 cm³/mol. The standard InChI is InChI=1S/C14H31N.C10H23N/c1-2-3-4-5-6-7-8-9-10-11-12-13-14-15;1-2-3-4-5-6-7-8-9-10-11/h2-15H2,1H3;2-11H2,1H3. The van der Waals surface area contributed by atoms with E-state index in [4.69, 9.17) is 11.5 Å². The minimum absolute atomic E-state index is 0.870. The molecule has 0 amide bonds. The third-order valence-electron chi connectivity index (χ3n) is 5.12. The Hall–Kier alpha value is -0.0800. The topological polar surface area (TPSA) is 52.0 Å². The molecule has 0 radical (unpaired) electrons. The lowest BCUT2D eigenvalue weighted by atomic mass is 10.1. The van der Waals surface area contributed by atoms with Gasteiger partial charge < -0.3 is 11.5 Å². The Morgan fingerprint density at radius 1 is 0.308 bits per heavy atom. The van der Waals surface area contributed by atoms with Crippen LogP contribution in [0.25, 0.3) is 0 Å². The molecule has 0 saturated heterocycles. The van der Waals surface area contributed by atoms with E-state index in [9.17, 15) is 0 Å². The average molecular weight is 371 g/mol. The van der Waals surface area contributed by atoms with Gasteiger partial charge in [0.1, 0.15) is 0 Å². The van der Waals surface area contributed by atoms with Gasteiger partial charge in [0, 0.05) is 0 Å². The van der Waals surface area contributed by atoms with Crippen molar-refractivity contribution in [1.29, 1.82) is 0 Å². The van der Waals surface area contributed by atoms with Crippen molar-refractivity contribution in [3.63, 3.8) is 0 Å². The van der Waals surface area contributed by atoms with Crippen LogP contribution in [0.4, 0.5) is 0 Å². The molecule has 26 heavy (non-hydrogen) atoms. The highest BCUT2D eigenvalue weighted by Crippen LogP contribution is 2.11. The molecular formula is C24H54N2. The van der Waals surface area contributed by atoms with Crippen molar-refractivity contribution >= 4 is 0 Å². The molecule has 0 rings (SSSR count). The molecule has 0 aliphatic rings. The van der Waals surface area contributed by atoms with Crippen LogP contribution in [0.3, 0.4) is 0 Å². The highest BCUT2D eigenvalue weighted by Gasteiger charge is 1.92. The molecule has 0 aliphatic carbocycles. The summed E-state index contributed by atoms with van der Waals surface area (Å²) in [6.07, 6.45) is 27.9. The third-order valence-corrected chi connectivity index (χ3v) is 5.12. The van der Waals surface area contributed by atoms with Crippen LogP contribution in [0.5, 0.6) is 0 Å². The summed E-state index contributed by atoms with van der Waals surface area (Å²) in [7, 11) is 0. The Kier molecular flexibility index (Phi) is 32.1. The van der Waals surface area contributed by atoms with Crippen molar-refractivity contribution < 1.29 is 0 Å². The first kappa shape index (κ1) is 28.1. The zero-order valence-electron chi connectivity index (χ0n) is 18.7. The van der Waals surface area contributed by atoms with Crippen LogP contribution >= 0.6 is 0 Å². The van der Waals surface area contributed by atoms with Crippen LogP contribution < -0.4 is 11.5 Å². The highest BCUT2D eigenvalue weighted by atomic mass is 14.5. The van der Waals surface area contributed by atoms with E-state index in [1.54, 1.807) is 0 Å². The summed E-state index contributed by atoms with van der Waals surface area (Å²) in [5, 5.41) is 0. The van der Waals surface area contributed by atoms with Crippen molar-refractivity contribution in [3.8, 4) is 0 Å². The lowest BCUT2D eigenvalue weighted by molar-refractivity contribution is 0.545. The normalized spacial score (nSPS) is 10.6. The summed E-state index contributed by atoms with van der Waals surface area (Å²) >= 11 is 0. The van der Waals surface area contributed by atoms with E-state index in [1.807, 2.05) is 0 Å². The van der Waals surface area contributed by atoms with Gasteiger partial charge in [0.25, 0.3) is 0 Å². The van der Waals surface area contributed by atoms with Gasteiger partial charge in [0.05, 0.1) is 0 Å². The molecule has 0 saturated carbocycles. The van der Waals surface area contributed by atoms with E-state index in [1.165, 1.54) is 128 Å². The van der Waals surface area contributed by atoms with Gasteiger partial charge in [-0.1, -0.05) is 129 Å². The van der Waals surface area contributed by atoms with Crippen molar-refractivity contribution in [3.05, 3.63) is 0 Å². The maximum Gasteiger partial charge on any atom is -0.00773 e. The fourth-order valence-corrected chi connectivity index (χ4v) is 3.26. The molecule has 0 heterocycles. The summed E-state index contributed by atoms with van der Waals surface area (Å²) in [4.78, 5) is 0. The largest absolute Gasteiger partial charge is 0.330 e. The Balaban J connectivity index is 0. The van der Waals surface area contributed by atoms with Crippen LogP contribution in [-0.4, -0.2) is 13.1 Å². The summed E-state index contributed by atoms with van der Waals surface area (Å²) < 4.78 is 0. The van der Waals surface area contributed by atoms with E-state index in [2.05, 4.69) is 13.8 Å². The Bertz CT molecular complexity index is 186. The van der Waals surface area contributed by atoms with Gasteiger partial charge in [-0.3, -0.25) is 0 Å². The molecule has 2 heteroatoms. The van der Waals surface area contributed by atoms with Gasteiger partial charge in [-0.2, -0.15) is 0 Å². The molecule has 0 aliphatic heterocycles. The lowest BCUT2D eigenvalue weighted by Crippen LogP contribution is -1.97. The molecule has 160 valence electrons. The van der Waals surface area contributed by atoms with Gasteiger partial charge in [-0.25, -0.2) is 0 Å². The third kappa shape index (κ3) is 31.7.